The van der Waals surface area contributed by atoms with Gasteiger partial charge >= 0.3 is 0 Å². The maximum atomic E-state index is 13.5. The molecule has 0 saturated heterocycles. The second-order valence-electron chi connectivity index (χ2n) is 9.74. The summed E-state index contributed by atoms with van der Waals surface area (Å²) in [6, 6.07) is 15.9. The van der Waals surface area contributed by atoms with Gasteiger partial charge in [0.1, 0.15) is 6.61 Å². The van der Waals surface area contributed by atoms with Crippen molar-refractivity contribution in [2.24, 2.45) is 4.99 Å². The van der Waals surface area contributed by atoms with Gasteiger partial charge in [0, 0.05) is 42.5 Å². The van der Waals surface area contributed by atoms with Crippen molar-refractivity contribution in [3.8, 4) is 0 Å². The number of allylic oxidation sites excluding steroid dienone is 3. The number of hydrogen-bond donors (Lipinski definition) is 1. The maximum absolute atomic E-state index is 13.5. The molecule has 2 unspecified atom stereocenters. The van der Waals surface area contributed by atoms with Crippen LogP contribution in [0.3, 0.4) is 0 Å². The monoisotopic (exact) mass is 495 g/mol. The first-order valence-electron chi connectivity index (χ1n) is 13.0. The topological polar surface area (TPSA) is 75.0 Å². The molecule has 3 aromatic rings. The predicted octanol–water partition coefficient (Wildman–Crippen LogP) is 5.39. The first kappa shape index (κ1) is 24.9. The fourth-order valence-corrected chi connectivity index (χ4v) is 5.46. The van der Waals surface area contributed by atoms with Crippen LogP contribution in [0.15, 0.2) is 83.7 Å². The Morgan fingerprint density at radius 3 is 2.84 bits per heavy atom. The van der Waals surface area contributed by atoms with Gasteiger partial charge in [-0.2, -0.15) is 0 Å². The quantitative estimate of drug-likeness (QED) is 0.258. The van der Waals surface area contributed by atoms with Crippen molar-refractivity contribution in [3.63, 3.8) is 0 Å². The normalized spacial score (nSPS) is 20.3. The molecule has 190 valence electrons. The second kappa shape index (κ2) is 11.5. The van der Waals surface area contributed by atoms with E-state index in [1.807, 2.05) is 65.7 Å². The maximum Gasteiger partial charge on any atom is 0.254 e. The number of pyridine rings is 1. The molecular formula is C31H33N3O3. The number of nitrogens with zero attached hydrogens (tertiary/aromatic N) is 3. The van der Waals surface area contributed by atoms with Crippen LogP contribution in [0, 0.1) is 0 Å². The van der Waals surface area contributed by atoms with Crippen molar-refractivity contribution >= 4 is 23.0 Å². The molecule has 1 aliphatic heterocycles. The number of carbonyl (C=O) groups is 1. The zero-order chi connectivity index (χ0) is 25.6. The highest BCUT2D eigenvalue weighted by Crippen LogP contribution is 2.36. The largest absolute Gasteiger partial charge is 0.497 e. The smallest absolute Gasteiger partial charge is 0.254 e. The summed E-state index contributed by atoms with van der Waals surface area (Å²) < 4.78 is 5.67. The summed E-state index contributed by atoms with van der Waals surface area (Å²) in [4.78, 5) is 24.3. The van der Waals surface area contributed by atoms with E-state index in [0.29, 0.717) is 25.1 Å². The Morgan fingerprint density at radius 1 is 1.19 bits per heavy atom. The van der Waals surface area contributed by atoms with Crippen LogP contribution in [0.2, 0.25) is 0 Å². The van der Waals surface area contributed by atoms with Crippen LogP contribution in [-0.2, 0) is 24.3 Å². The summed E-state index contributed by atoms with van der Waals surface area (Å²) in [5, 5.41) is 11.7. The Labute approximate surface area is 218 Å². The molecular weight excluding hydrogens is 462 g/mol. The number of fused-ring (bicyclic) bond motifs is 3. The third-order valence-electron chi connectivity index (χ3n) is 7.26. The van der Waals surface area contributed by atoms with Crippen molar-refractivity contribution in [2.75, 3.05) is 7.05 Å². The Bertz CT molecular complexity index is 1350. The Balaban J connectivity index is 1.39. The average Bonchev–Trinajstić information content (AvgIpc) is 3.25. The summed E-state index contributed by atoms with van der Waals surface area (Å²) in [5.74, 6) is -0.00125. The van der Waals surface area contributed by atoms with Crippen molar-refractivity contribution in [3.05, 3.63) is 101 Å². The number of ether oxygens (including phenoxy) is 1. The summed E-state index contributed by atoms with van der Waals surface area (Å²) in [7, 11) is 1.75. The number of aliphatic hydroxyl groups excluding tert-OH is 1. The lowest BCUT2D eigenvalue weighted by Crippen LogP contribution is -2.45. The number of aliphatic imine (C=N–C) groups is 1. The zero-order valence-corrected chi connectivity index (χ0v) is 21.2. The van der Waals surface area contributed by atoms with E-state index in [-0.39, 0.29) is 11.9 Å². The molecule has 1 aromatic heterocycles. The molecule has 2 heterocycles. The highest BCUT2D eigenvalue weighted by Gasteiger charge is 2.38. The molecule has 0 spiro atoms. The molecule has 0 bridgehead atoms. The van der Waals surface area contributed by atoms with Gasteiger partial charge in [0.15, 0.2) is 0 Å². The van der Waals surface area contributed by atoms with Crippen LogP contribution >= 0.6 is 0 Å². The van der Waals surface area contributed by atoms with Gasteiger partial charge in [-0.05, 0) is 54.2 Å². The number of aromatic nitrogens is 1. The molecule has 6 nitrogen and oxygen atoms in total. The van der Waals surface area contributed by atoms with Crippen LogP contribution in [0.4, 0.5) is 0 Å². The van der Waals surface area contributed by atoms with E-state index >= 15 is 0 Å². The molecule has 6 heteroatoms. The lowest BCUT2D eigenvalue weighted by Gasteiger charge is -2.35. The first-order valence-corrected chi connectivity index (χ1v) is 13.0. The van der Waals surface area contributed by atoms with E-state index in [9.17, 15) is 9.90 Å². The standard InChI is InChI=1S/C31H33N3O3/c1-32-19-23(11-8-16-37-21-22-9-3-2-4-10-22)17-24-18-26-27(30-25(24)12-7-15-33-30)20-34(31(26)36)28-13-5-6-14-29(28)35/h2-4,7-12,15-16,18-19,28-29,35H,5-6,13-14,17,20-21H2,1H3. The molecule has 2 atom stereocenters. The van der Waals surface area contributed by atoms with E-state index in [0.717, 1.165) is 58.8 Å². The summed E-state index contributed by atoms with van der Waals surface area (Å²) >= 11 is 0. The van der Waals surface area contributed by atoms with E-state index in [2.05, 4.69) is 16.0 Å². The lowest BCUT2D eigenvalue weighted by atomic mass is 9.91. The molecule has 1 aliphatic carbocycles. The molecule has 37 heavy (non-hydrogen) atoms. The molecule has 2 aliphatic rings. The van der Waals surface area contributed by atoms with E-state index in [1.54, 1.807) is 19.5 Å². The highest BCUT2D eigenvalue weighted by atomic mass is 16.5. The Hall–Kier alpha value is -3.77. The summed E-state index contributed by atoms with van der Waals surface area (Å²) in [6.07, 6.45) is 13.0. The van der Waals surface area contributed by atoms with E-state index in [4.69, 9.17) is 4.74 Å². The van der Waals surface area contributed by atoms with Crippen molar-refractivity contribution < 1.29 is 14.6 Å². The SMILES string of the molecule is CN=CC(=CC=COCc1ccccc1)Cc1cc2c(c3ncccc13)CN(C1CCCCC1O)C2=O. The summed E-state index contributed by atoms with van der Waals surface area (Å²) in [5.41, 5.74) is 5.68. The molecule has 1 fully saturated rings. The van der Waals surface area contributed by atoms with Gasteiger partial charge in [-0.15, -0.1) is 0 Å². The van der Waals surface area contributed by atoms with Gasteiger partial charge in [0.2, 0.25) is 0 Å². The van der Waals surface area contributed by atoms with Crippen LogP contribution in [0.25, 0.3) is 10.9 Å². The van der Waals surface area contributed by atoms with Crippen LogP contribution in [0.5, 0.6) is 0 Å². The number of aliphatic hydroxyl groups is 1. The molecule has 0 radical (unpaired) electrons. The van der Waals surface area contributed by atoms with Crippen molar-refractivity contribution in [1.82, 2.24) is 9.88 Å². The molecule has 5 rings (SSSR count). The molecule has 1 N–H and O–H groups in total. The molecule has 1 saturated carbocycles. The second-order valence-corrected chi connectivity index (χ2v) is 9.74. The number of benzene rings is 2. The first-order chi connectivity index (χ1) is 18.2. The highest BCUT2D eigenvalue weighted by molar-refractivity contribution is 6.04. The van der Waals surface area contributed by atoms with Gasteiger partial charge in [0.25, 0.3) is 5.91 Å². The summed E-state index contributed by atoms with van der Waals surface area (Å²) in [6.45, 7) is 1.02. The number of carbonyl (C=O) groups excluding carboxylic acids is 1. The van der Waals surface area contributed by atoms with Gasteiger partial charge in [0.05, 0.1) is 23.9 Å². The van der Waals surface area contributed by atoms with Gasteiger partial charge < -0.3 is 14.7 Å². The number of amides is 1. The molecule has 2 aromatic carbocycles. The van der Waals surface area contributed by atoms with Gasteiger partial charge in [-0.1, -0.05) is 55.3 Å². The minimum atomic E-state index is -0.461. The molecule has 1 amide bonds. The Kier molecular flexibility index (Phi) is 7.76. The lowest BCUT2D eigenvalue weighted by molar-refractivity contribution is 0.0192. The third kappa shape index (κ3) is 5.49. The zero-order valence-electron chi connectivity index (χ0n) is 21.2. The van der Waals surface area contributed by atoms with Crippen molar-refractivity contribution in [2.45, 2.75) is 57.4 Å². The fraction of sp³-hybridized carbons (Fsp3) is 0.323. The number of rotatable bonds is 8. The fourth-order valence-electron chi connectivity index (χ4n) is 5.46. The predicted molar refractivity (Wildman–Crippen MR) is 146 cm³/mol. The average molecular weight is 496 g/mol. The minimum Gasteiger partial charge on any atom is -0.497 e. The van der Waals surface area contributed by atoms with Crippen molar-refractivity contribution in [1.29, 1.82) is 0 Å². The van der Waals surface area contributed by atoms with Crippen LogP contribution in [0.1, 0.15) is 52.7 Å². The van der Waals surface area contributed by atoms with Crippen LogP contribution < -0.4 is 0 Å². The minimum absolute atomic E-state index is 0.00125. The van der Waals surface area contributed by atoms with E-state index < -0.39 is 6.10 Å². The van der Waals surface area contributed by atoms with Gasteiger partial charge in [-0.25, -0.2) is 0 Å². The van der Waals surface area contributed by atoms with Crippen LogP contribution in [-0.4, -0.2) is 46.3 Å². The van der Waals surface area contributed by atoms with E-state index in [1.165, 1.54) is 0 Å². The third-order valence-corrected chi connectivity index (χ3v) is 7.26. The Morgan fingerprint density at radius 2 is 2.03 bits per heavy atom. The van der Waals surface area contributed by atoms with Gasteiger partial charge in [-0.3, -0.25) is 14.8 Å². The number of hydrogen-bond acceptors (Lipinski definition) is 5.